The highest BCUT2D eigenvalue weighted by atomic mass is 14.8. The number of benzene rings is 5. The van der Waals surface area contributed by atoms with Gasteiger partial charge < -0.3 is 0 Å². The van der Waals surface area contributed by atoms with Crippen molar-refractivity contribution in [2.24, 2.45) is 9.98 Å². The van der Waals surface area contributed by atoms with Crippen LogP contribution in [0.4, 0.5) is 5.69 Å². The first-order chi connectivity index (χ1) is 19.8. The molecule has 1 aliphatic rings. The van der Waals surface area contributed by atoms with Gasteiger partial charge in [-0.1, -0.05) is 140 Å². The third-order valence-electron chi connectivity index (χ3n) is 6.96. The molecule has 0 heterocycles. The Balaban J connectivity index is 1.31. The Hall–Kier alpha value is -5.08. The fraction of sp³-hybridized carbons (Fsp3) is 0.0526. The van der Waals surface area contributed by atoms with Gasteiger partial charge in [0.05, 0.1) is 22.8 Å². The van der Waals surface area contributed by atoms with Crippen molar-refractivity contribution in [3.05, 3.63) is 186 Å². The van der Waals surface area contributed by atoms with Gasteiger partial charge in [0.15, 0.2) is 0 Å². The molecule has 40 heavy (non-hydrogen) atoms. The quantitative estimate of drug-likeness (QED) is 0.193. The van der Waals surface area contributed by atoms with Crippen molar-refractivity contribution in [3.8, 4) is 11.1 Å². The molecule has 0 atom stereocenters. The standard InChI is InChI=1S/C38H30N2/c1-5-13-31(14-6-1)37(39-35-17-9-3-10-18-35)33-25-21-29(22-26-33)30-23-27-34(28-24-30)38(32-15-7-2-8-16-32)40-36-19-11-4-12-20-36/h1-3,5-11,13-28H,4,12H2. The monoisotopic (exact) mass is 514 g/mol. The predicted octanol–water partition coefficient (Wildman–Crippen LogP) is 9.59. The Kier molecular flexibility index (Phi) is 7.68. The highest BCUT2D eigenvalue weighted by Crippen LogP contribution is 2.25. The van der Waals surface area contributed by atoms with Gasteiger partial charge in [-0.2, -0.15) is 0 Å². The van der Waals surface area contributed by atoms with Crippen LogP contribution in [0.5, 0.6) is 0 Å². The van der Waals surface area contributed by atoms with E-state index in [9.17, 15) is 0 Å². The van der Waals surface area contributed by atoms with Crippen LogP contribution in [0.1, 0.15) is 35.1 Å². The number of aliphatic imine (C=N–C) groups is 2. The van der Waals surface area contributed by atoms with E-state index in [1.807, 2.05) is 42.5 Å². The van der Waals surface area contributed by atoms with Crippen molar-refractivity contribution in [2.45, 2.75) is 12.8 Å². The SMILES string of the molecule is C1=CC(N=C(c2ccccc2)c2ccc(-c3ccc(C(=Nc4ccccc4)c4ccccc4)cc3)cc2)=CCC1. The third kappa shape index (κ3) is 5.98. The lowest BCUT2D eigenvalue weighted by atomic mass is 9.96. The van der Waals surface area contributed by atoms with Gasteiger partial charge in [0.2, 0.25) is 0 Å². The van der Waals surface area contributed by atoms with Crippen LogP contribution in [0.15, 0.2) is 173 Å². The minimum absolute atomic E-state index is 0.941. The highest BCUT2D eigenvalue weighted by Gasteiger charge is 2.11. The van der Waals surface area contributed by atoms with E-state index in [1.54, 1.807) is 0 Å². The zero-order valence-electron chi connectivity index (χ0n) is 22.3. The van der Waals surface area contributed by atoms with E-state index >= 15 is 0 Å². The maximum Gasteiger partial charge on any atom is 0.0781 e. The van der Waals surface area contributed by atoms with Gasteiger partial charge in [-0.05, 0) is 42.2 Å². The Labute approximate surface area is 236 Å². The van der Waals surface area contributed by atoms with Crippen molar-refractivity contribution in [1.29, 1.82) is 0 Å². The number of para-hydroxylation sites is 1. The maximum atomic E-state index is 5.05. The summed E-state index contributed by atoms with van der Waals surface area (Å²) in [4.78, 5) is 10.1. The van der Waals surface area contributed by atoms with E-state index in [-0.39, 0.29) is 0 Å². The summed E-state index contributed by atoms with van der Waals surface area (Å²) in [6.45, 7) is 0. The molecule has 2 nitrogen and oxygen atoms in total. The molecule has 0 aliphatic heterocycles. The zero-order chi connectivity index (χ0) is 27.0. The van der Waals surface area contributed by atoms with Gasteiger partial charge in [-0.3, -0.25) is 0 Å². The number of nitrogens with zero attached hydrogens (tertiary/aromatic N) is 2. The number of hydrogen-bond donors (Lipinski definition) is 0. The summed E-state index contributed by atoms with van der Waals surface area (Å²) in [5.74, 6) is 0. The highest BCUT2D eigenvalue weighted by molar-refractivity contribution is 6.14. The van der Waals surface area contributed by atoms with E-state index in [2.05, 4.69) is 115 Å². The van der Waals surface area contributed by atoms with Crippen LogP contribution in [0.25, 0.3) is 11.1 Å². The molecular formula is C38H30N2. The van der Waals surface area contributed by atoms with Gasteiger partial charge in [-0.25, -0.2) is 9.98 Å². The second-order valence-electron chi connectivity index (χ2n) is 9.75. The Morgan fingerprint density at radius 2 is 0.875 bits per heavy atom. The predicted molar refractivity (Wildman–Crippen MR) is 169 cm³/mol. The minimum atomic E-state index is 0.941. The first-order valence-corrected chi connectivity index (χ1v) is 13.7. The minimum Gasteiger partial charge on any atom is -0.248 e. The first-order valence-electron chi connectivity index (χ1n) is 13.7. The molecule has 0 spiro atoms. The number of rotatable bonds is 7. The second-order valence-corrected chi connectivity index (χ2v) is 9.75. The third-order valence-corrected chi connectivity index (χ3v) is 6.96. The van der Waals surface area contributed by atoms with E-state index in [1.165, 1.54) is 11.1 Å². The first kappa shape index (κ1) is 25.2. The van der Waals surface area contributed by atoms with Crippen LogP contribution >= 0.6 is 0 Å². The molecular weight excluding hydrogens is 484 g/mol. The number of hydrogen-bond acceptors (Lipinski definition) is 2. The molecule has 5 aromatic rings. The van der Waals surface area contributed by atoms with Crippen molar-refractivity contribution in [1.82, 2.24) is 0 Å². The molecule has 0 saturated carbocycles. The molecule has 0 saturated heterocycles. The van der Waals surface area contributed by atoms with Gasteiger partial charge in [-0.15, -0.1) is 0 Å². The molecule has 0 unspecified atom stereocenters. The Morgan fingerprint density at radius 3 is 1.35 bits per heavy atom. The van der Waals surface area contributed by atoms with Crippen LogP contribution in [0, 0.1) is 0 Å². The molecule has 1 aliphatic carbocycles. The van der Waals surface area contributed by atoms with Gasteiger partial charge in [0, 0.05) is 22.3 Å². The summed E-state index contributed by atoms with van der Waals surface area (Å²) in [6, 6.07) is 48.3. The summed E-state index contributed by atoms with van der Waals surface area (Å²) in [6.07, 6.45) is 8.64. The molecule has 6 rings (SSSR count). The van der Waals surface area contributed by atoms with Crippen molar-refractivity contribution in [3.63, 3.8) is 0 Å². The van der Waals surface area contributed by atoms with Crippen LogP contribution in [0.2, 0.25) is 0 Å². The molecule has 0 bridgehead atoms. The lowest BCUT2D eigenvalue weighted by molar-refractivity contribution is 1.01. The van der Waals surface area contributed by atoms with Gasteiger partial charge in [0.1, 0.15) is 0 Å². The average molecular weight is 515 g/mol. The molecule has 192 valence electrons. The molecule has 0 aromatic heterocycles. The molecule has 0 fully saturated rings. The van der Waals surface area contributed by atoms with Crippen LogP contribution < -0.4 is 0 Å². The van der Waals surface area contributed by atoms with Gasteiger partial charge >= 0.3 is 0 Å². The largest absolute Gasteiger partial charge is 0.248 e. The number of allylic oxidation sites excluding steroid dienone is 3. The van der Waals surface area contributed by atoms with Crippen molar-refractivity contribution in [2.75, 3.05) is 0 Å². The summed E-state index contributed by atoms with van der Waals surface area (Å²) < 4.78 is 0. The fourth-order valence-corrected chi connectivity index (χ4v) is 4.87. The summed E-state index contributed by atoms with van der Waals surface area (Å²) in [7, 11) is 0. The van der Waals surface area contributed by atoms with Crippen molar-refractivity contribution >= 4 is 17.1 Å². The molecule has 5 aromatic carbocycles. The van der Waals surface area contributed by atoms with E-state index in [0.29, 0.717) is 0 Å². The normalized spacial score (nSPS) is 13.7. The zero-order valence-corrected chi connectivity index (χ0v) is 22.3. The maximum absolute atomic E-state index is 5.05. The summed E-state index contributed by atoms with van der Waals surface area (Å²) in [5, 5.41) is 0. The van der Waals surface area contributed by atoms with Crippen LogP contribution in [0.3, 0.4) is 0 Å². The summed E-state index contributed by atoms with van der Waals surface area (Å²) >= 11 is 0. The topological polar surface area (TPSA) is 24.7 Å². The van der Waals surface area contributed by atoms with Crippen molar-refractivity contribution < 1.29 is 0 Å². The lowest BCUT2D eigenvalue weighted by Gasteiger charge is -2.12. The second kappa shape index (κ2) is 12.2. The molecule has 0 N–H and O–H groups in total. The van der Waals surface area contributed by atoms with E-state index in [4.69, 9.17) is 9.98 Å². The fourth-order valence-electron chi connectivity index (χ4n) is 4.87. The molecule has 0 radical (unpaired) electrons. The van der Waals surface area contributed by atoms with E-state index in [0.717, 1.165) is 57.9 Å². The molecule has 0 amide bonds. The average Bonchev–Trinajstić information content (AvgIpc) is 3.05. The Bertz CT molecular complexity index is 1680. The Morgan fingerprint density at radius 1 is 0.425 bits per heavy atom. The smallest absolute Gasteiger partial charge is 0.0781 e. The molecule has 2 heteroatoms. The van der Waals surface area contributed by atoms with Gasteiger partial charge in [0.25, 0.3) is 0 Å². The van der Waals surface area contributed by atoms with Crippen LogP contribution in [-0.2, 0) is 0 Å². The van der Waals surface area contributed by atoms with E-state index < -0.39 is 0 Å². The summed E-state index contributed by atoms with van der Waals surface area (Å²) in [5.41, 5.74) is 10.7. The lowest BCUT2D eigenvalue weighted by Crippen LogP contribution is -2.04. The van der Waals surface area contributed by atoms with Crippen LogP contribution in [-0.4, -0.2) is 11.4 Å².